The lowest BCUT2D eigenvalue weighted by Gasteiger charge is -2.33. The quantitative estimate of drug-likeness (QED) is 0.646. The summed E-state index contributed by atoms with van der Waals surface area (Å²) in [4.78, 5) is 11.7. The predicted molar refractivity (Wildman–Crippen MR) is 47.8 cm³/mol. The minimum atomic E-state index is -0.548. The molecule has 2 nitrogen and oxygen atoms in total. The highest BCUT2D eigenvalue weighted by Crippen LogP contribution is 2.35. The number of aliphatic hydroxyl groups excluding tert-OH is 1. The first-order valence-electron chi connectivity index (χ1n) is 4.38. The summed E-state index contributed by atoms with van der Waals surface area (Å²) >= 11 is 0. The average molecular weight is 168 g/mol. The summed E-state index contributed by atoms with van der Waals surface area (Å²) in [5, 5.41) is 9.48. The SMILES string of the molecule is CC1=CCC[C@](C)([C@H](C)O)C1=O. The van der Waals surface area contributed by atoms with Gasteiger partial charge in [-0.3, -0.25) is 4.79 Å². The molecule has 0 bridgehead atoms. The minimum absolute atomic E-state index is 0.101. The zero-order valence-electron chi connectivity index (χ0n) is 7.92. The van der Waals surface area contributed by atoms with Gasteiger partial charge in [0.1, 0.15) is 0 Å². The summed E-state index contributed by atoms with van der Waals surface area (Å²) in [6, 6.07) is 0. The van der Waals surface area contributed by atoms with E-state index >= 15 is 0 Å². The Balaban J connectivity index is 2.95. The van der Waals surface area contributed by atoms with Gasteiger partial charge in [-0.05, 0) is 39.2 Å². The van der Waals surface area contributed by atoms with Crippen molar-refractivity contribution < 1.29 is 9.90 Å². The van der Waals surface area contributed by atoms with E-state index in [-0.39, 0.29) is 5.78 Å². The number of Topliss-reactive ketones (excluding diaryl/α,β-unsaturated/α-hetero) is 1. The fourth-order valence-corrected chi connectivity index (χ4v) is 1.64. The number of hydrogen-bond donors (Lipinski definition) is 1. The molecule has 0 amide bonds. The zero-order valence-corrected chi connectivity index (χ0v) is 7.92. The third-order valence-electron chi connectivity index (χ3n) is 2.91. The molecule has 1 N–H and O–H groups in total. The molecule has 0 radical (unpaired) electrons. The maximum Gasteiger partial charge on any atom is 0.166 e. The Labute approximate surface area is 73.3 Å². The number of ketones is 1. The van der Waals surface area contributed by atoms with Gasteiger partial charge in [0.15, 0.2) is 5.78 Å². The van der Waals surface area contributed by atoms with Gasteiger partial charge in [0, 0.05) is 0 Å². The van der Waals surface area contributed by atoms with Crippen LogP contribution in [0.5, 0.6) is 0 Å². The van der Waals surface area contributed by atoms with Gasteiger partial charge in [0.25, 0.3) is 0 Å². The monoisotopic (exact) mass is 168 g/mol. The Morgan fingerprint density at radius 1 is 1.67 bits per heavy atom. The standard InChI is InChI=1S/C10H16O2/c1-7-5-4-6-10(3,8(2)11)9(7)12/h5,8,11H,4,6H2,1-3H3/t8-,10+/m0/s1. The van der Waals surface area contributed by atoms with E-state index < -0.39 is 11.5 Å². The third-order valence-corrected chi connectivity index (χ3v) is 2.91. The zero-order chi connectivity index (χ0) is 9.35. The van der Waals surface area contributed by atoms with Crippen molar-refractivity contribution in [2.45, 2.75) is 39.7 Å². The number of rotatable bonds is 1. The topological polar surface area (TPSA) is 37.3 Å². The molecule has 0 aromatic heterocycles. The lowest BCUT2D eigenvalue weighted by Crippen LogP contribution is -2.40. The fourth-order valence-electron chi connectivity index (χ4n) is 1.64. The highest BCUT2D eigenvalue weighted by Gasteiger charge is 2.39. The van der Waals surface area contributed by atoms with Crippen molar-refractivity contribution in [3.63, 3.8) is 0 Å². The Morgan fingerprint density at radius 2 is 2.25 bits per heavy atom. The molecule has 1 aliphatic carbocycles. The van der Waals surface area contributed by atoms with Crippen molar-refractivity contribution >= 4 is 5.78 Å². The number of hydrogen-bond acceptors (Lipinski definition) is 2. The molecule has 0 saturated carbocycles. The third kappa shape index (κ3) is 1.31. The van der Waals surface area contributed by atoms with Gasteiger partial charge in [0.2, 0.25) is 0 Å². The first-order valence-corrected chi connectivity index (χ1v) is 4.38. The summed E-state index contributed by atoms with van der Waals surface area (Å²) in [6.45, 7) is 5.36. The second-order valence-electron chi connectivity index (χ2n) is 3.85. The summed E-state index contributed by atoms with van der Waals surface area (Å²) < 4.78 is 0. The van der Waals surface area contributed by atoms with E-state index in [1.807, 2.05) is 19.9 Å². The molecule has 12 heavy (non-hydrogen) atoms. The van der Waals surface area contributed by atoms with Crippen LogP contribution >= 0.6 is 0 Å². The van der Waals surface area contributed by atoms with Crippen molar-refractivity contribution in [2.24, 2.45) is 5.41 Å². The van der Waals surface area contributed by atoms with Crippen molar-refractivity contribution in [1.82, 2.24) is 0 Å². The largest absolute Gasteiger partial charge is 0.392 e. The molecular weight excluding hydrogens is 152 g/mol. The molecule has 0 aromatic rings. The molecular formula is C10H16O2. The van der Waals surface area contributed by atoms with Crippen LogP contribution in [0.15, 0.2) is 11.6 Å². The van der Waals surface area contributed by atoms with Gasteiger partial charge in [0.05, 0.1) is 11.5 Å². The second-order valence-corrected chi connectivity index (χ2v) is 3.85. The van der Waals surface area contributed by atoms with Crippen molar-refractivity contribution in [2.75, 3.05) is 0 Å². The summed E-state index contributed by atoms with van der Waals surface area (Å²) in [6.07, 6.45) is 3.07. The highest BCUT2D eigenvalue weighted by atomic mass is 16.3. The minimum Gasteiger partial charge on any atom is -0.392 e. The van der Waals surface area contributed by atoms with Gasteiger partial charge < -0.3 is 5.11 Å². The smallest absolute Gasteiger partial charge is 0.166 e. The van der Waals surface area contributed by atoms with Crippen LogP contribution in [0.2, 0.25) is 0 Å². The highest BCUT2D eigenvalue weighted by molar-refractivity contribution is 6.00. The number of aliphatic hydroxyl groups is 1. The second kappa shape index (κ2) is 3.02. The molecule has 0 aliphatic heterocycles. The fraction of sp³-hybridized carbons (Fsp3) is 0.700. The number of carbonyl (C=O) groups excluding carboxylic acids is 1. The van der Waals surface area contributed by atoms with Crippen LogP contribution in [-0.2, 0) is 4.79 Å². The maximum absolute atomic E-state index is 11.7. The van der Waals surface area contributed by atoms with Crippen molar-refractivity contribution in [3.05, 3.63) is 11.6 Å². The first kappa shape index (κ1) is 9.46. The van der Waals surface area contributed by atoms with E-state index in [1.165, 1.54) is 0 Å². The lowest BCUT2D eigenvalue weighted by molar-refractivity contribution is -0.130. The van der Waals surface area contributed by atoms with Crippen LogP contribution in [0, 0.1) is 5.41 Å². The Kier molecular flexibility index (Phi) is 2.38. The molecule has 1 aliphatic rings. The molecule has 68 valence electrons. The van der Waals surface area contributed by atoms with Gasteiger partial charge in [-0.25, -0.2) is 0 Å². The Bertz CT molecular complexity index is 228. The van der Waals surface area contributed by atoms with Gasteiger partial charge in [-0.1, -0.05) is 6.08 Å². The van der Waals surface area contributed by atoms with Gasteiger partial charge >= 0.3 is 0 Å². The van der Waals surface area contributed by atoms with Crippen LogP contribution in [0.1, 0.15) is 33.6 Å². The summed E-state index contributed by atoms with van der Waals surface area (Å²) in [5.41, 5.74) is 0.253. The molecule has 0 aromatic carbocycles. The lowest BCUT2D eigenvalue weighted by atomic mass is 9.71. The predicted octanol–water partition coefficient (Wildman–Crippen LogP) is 1.68. The number of carbonyl (C=O) groups is 1. The van der Waals surface area contributed by atoms with Crippen molar-refractivity contribution in [1.29, 1.82) is 0 Å². The van der Waals surface area contributed by atoms with Crippen LogP contribution < -0.4 is 0 Å². The summed E-state index contributed by atoms with van der Waals surface area (Å²) in [7, 11) is 0. The van der Waals surface area contributed by atoms with Crippen LogP contribution in [0.3, 0.4) is 0 Å². The van der Waals surface area contributed by atoms with Crippen LogP contribution in [0.25, 0.3) is 0 Å². The normalized spacial score (nSPS) is 33.0. The Hall–Kier alpha value is -0.630. The molecule has 2 atom stereocenters. The van der Waals surface area contributed by atoms with E-state index in [2.05, 4.69) is 0 Å². The maximum atomic E-state index is 11.7. The first-order chi connectivity index (χ1) is 5.48. The van der Waals surface area contributed by atoms with Gasteiger partial charge in [-0.2, -0.15) is 0 Å². The Morgan fingerprint density at radius 3 is 2.67 bits per heavy atom. The molecule has 0 unspecified atom stereocenters. The van der Waals surface area contributed by atoms with Crippen LogP contribution in [-0.4, -0.2) is 17.0 Å². The van der Waals surface area contributed by atoms with Crippen LogP contribution in [0.4, 0.5) is 0 Å². The van der Waals surface area contributed by atoms with E-state index in [0.29, 0.717) is 0 Å². The molecule has 0 spiro atoms. The average Bonchev–Trinajstić information content (AvgIpc) is 2.00. The van der Waals surface area contributed by atoms with Gasteiger partial charge in [-0.15, -0.1) is 0 Å². The van der Waals surface area contributed by atoms with Crippen molar-refractivity contribution in [3.8, 4) is 0 Å². The summed E-state index contributed by atoms with van der Waals surface area (Å²) in [5.74, 6) is 0.101. The van der Waals surface area contributed by atoms with E-state index in [4.69, 9.17) is 0 Å². The van der Waals surface area contributed by atoms with E-state index in [9.17, 15) is 9.90 Å². The molecule has 0 saturated heterocycles. The number of allylic oxidation sites excluding steroid dienone is 2. The molecule has 0 fully saturated rings. The molecule has 1 rings (SSSR count). The molecule has 2 heteroatoms. The van der Waals surface area contributed by atoms with E-state index in [0.717, 1.165) is 18.4 Å². The van der Waals surface area contributed by atoms with E-state index in [1.54, 1.807) is 6.92 Å². The molecule has 0 heterocycles.